The molecule has 2 aromatic carbocycles. The van der Waals surface area contributed by atoms with E-state index in [1.807, 2.05) is 38.1 Å². The van der Waals surface area contributed by atoms with Crippen LogP contribution in [0.3, 0.4) is 0 Å². The molecule has 2 N–H and O–H groups in total. The lowest BCUT2D eigenvalue weighted by molar-refractivity contribution is 0.0913. The van der Waals surface area contributed by atoms with Crippen molar-refractivity contribution in [1.29, 1.82) is 0 Å². The third-order valence-electron chi connectivity index (χ3n) is 3.84. The van der Waals surface area contributed by atoms with Crippen molar-refractivity contribution in [2.75, 3.05) is 0 Å². The van der Waals surface area contributed by atoms with Gasteiger partial charge in [-0.2, -0.15) is 0 Å². The lowest BCUT2D eigenvalue weighted by atomic mass is 9.94. The Morgan fingerprint density at radius 3 is 2.41 bits per heavy atom. The monoisotopic (exact) mass is 408 g/mol. The van der Waals surface area contributed by atoms with Crippen LogP contribution in [-0.4, -0.2) is 25.9 Å². The molecule has 0 radical (unpaired) electrons. The van der Waals surface area contributed by atoms with Crippen LogP contribution in [0.25, 0.3) is 0 Å². The van der Waals surface area contributed by atoms with Gasteiger partial charge in [-0.25, -0.2) is 13.1 Å². The Balaban J connectivity index is 2.18. The summed E-state index contributed by atoms with van der Waals surface area (Å²) in [7, 11) is -3.66. The van der Waals surface area contributed by atoms with Crippen molar-refractivity contribution in [1.82, 2.24) is 10.0 Å². The Morgan fingerprint density at radius 1 is 1.11 bits per heavy atom. The van der Waals surface area contributed by atoms with E-state index in [2.05, 4.69) is 10.0 Å². The molecule has 0 heterocycles. The van der Waals surface area contributed by atoms with E-state index in [-0.39, 0.29) is 22.4 Å². The molecular formula is C20H25ClN2O3S. The van der Waals surface area contributed by atoms with Gasteiger partial charge in [-0.3, -0.25) is 4.79 Å². The molecule has 5 nitrogen and oxygen atoms in total. The highest BCUT2D eigenvalue weighted by Crippen LogP contribution is 2.21. The summed E-state index contributed by atoms with van der Waals surface area (Å²) in [5.74, 6) is -0.339. The molecular weight excluding hydrogens is 384 g/mol. The average molecular weight is 409 g/mol. The molecule has 146 valence electrons. The molecule has 0 aliphatic carbocycles. The number of hydrogen-bond donors (Lipinski definition) is 2. The molecule has 0 aliphatic rings. The molecule has 0 saturated carbocycles. The van der Waals surface area contributed by atoms with Crippen molar-refractivity contribution in [3.63, 3.8) is 0 Å². The van der Waals surface area contributed by atoms with Crippen molar-refractivity contribution in [2.45, 2.75) is 50.6 Å². The summed E-state index contributed by atoms with van der Waals surface area (Å²) in [5, 5.41) is 3.60. The first-order valence-corrected chi connectivity index (χ1v) is 10.5. The number of carbonyl (C=O) groups excluding carboxylic acids is 1. The number of nitrogens with one attached hydrogen (secondary N) is 2. The quantitative estimate of drug-likeness (QED) is 0.732. The molecule has 0 bridgehead atoms. The van der Waals surface area contributed by atoms with E-state index >= 15 is 0 Å². The van der Waals surface area contributed by atoms with E-state index in [1.54, 1.807) is 26.0 Å². The molecule has 2 aromatic rings. The first-order valence-electron chi connectivity index (χ1n) is 8.68. The summed E-state index contributed by atoms with van der Waals surface area (Å²) in [4.78, 5) is 12.7. The largest absolute Gasteiger partial charge is 0.347 e. The second-order valence-corrected chi connectivity index (χ2v) is 9.53. The first-order chi connectivity index (χ1) is 12.5. The molecule has 27 heavy (non-hydrogen) atoms. The summed E-state index contributed by atoms with van der Waals surface area (Å²) < 4.78 is 27.2. The van der Waals surface area contributed by atoms with Crippen LogP contribution in [0.5, 0.6) is 0 Å². The van der Waals surface area contributed by atoms with Gasteiger partial charge in [-0.1, -0.05) is 35.9 Å². The highest BCUT2D eigenvalue weighted by Gasteiger charge is 2.24. The molecule has 0 spiro atoms. The summed E-state index contributed by atoms with van der Waals surface area (Å²) in [5.41, 5.74) is 0.656. The maximum atomic E-state index is 12.7. The Kier molecular flexibility index (Phi) is 6.68. The number of benzene rings is 2. The molecule has 0 saturated heterocycles. The van der Waals surface area contributed by atoms with Gasteiger partial charge in [0.25, 0.3) is 5.91 Å². The van der Waals surface area contributed by atoms with Crippen LogP contribution in [0.2, 0.25) is 5.02 Å². The molecule has 0 atom stereocenters. The van der Waals surface area contributed by atoms with Crippen molar-refractivity contribution < 1.29 is 13.2 Å². The topological polar surface area (TPSA) is 75.3 Å². The molecule has 0 aromatic heterocycles. The van der Waals surface area contributed by atoms with Crippen LogP contribution in [0.4, 0.5) is 0 Å². The lowest BCUT2D eigenvalue weighted by Crippen LogP contribution is -2.45. The predicted octanol–water partition coefficient (Wildman–Crippen LogP) is 3.78. The molecule has 0 aliphatic heterocycles. The molecule has 0 fully saturated rings. The Hall–Kier alpha value is -1.89. The number of rotatable bonds is 7. The number of carbonyl (C=O) groups is 1. The molecule has 7 heteroatoms. The summed E-state index contributed by atoms with van der Waals surface area (Å²) in [6.07, 6.45) is 0.547. The number of amides is 1. The summed E-state index contributed by atoms with van der Waals surface area (Å²) in [6.45, 7) is 7.28. The minimum Gasteiger partial charge on any atom is -0.347 e. The fraction of sp³-hybridized carbons (Fsp3) is 0.350. The standard InChI is InChI=1S/C20H25ClN2O3S/c1-14(2)23-27(25,26)17-10-7-9-15(12-17)19(24)22-20(3,4)13-16-8-5-6-11-18(16)21/h5-12,14,23H,13H2,1-4H3,(H,22,24). The van der Waals surface area contributed by atoms with Gasteiger partial charge < -0.3 is 5.32 Å². The van der Waals surface area contributed by atoms with Crippen LogP contribution in [0.15, 0.2) is 53.4 Å². The zero-order valence-corrected chi connectivity index (χ0v) is 17.5. The Bertz CT molecular complexity index is 924. The lowest BCUT2D eigenvalue weighted by Gasteiger charge is -2.27. The first kappa shape index (κ1) is 21.4. The molecule has 1 amide bonds. The zero-order valence-electron chi connectivity index (χ0n) is 15.9. The van der Waals surface area contributed by atoms with E-state index in [4.69, 9.17) is 11.6 Å². The number of hydrogen-bond acceptors (Lipinski definition) is 3. The van der Waals surface area contributed by atoms with E-state index in [0.29, 0.717) is 11.4 Å². The fourth-order valence-corrected chi connectivity index (χ4v) is 4.22. The second-order valence-electron chi connectivity index (χ2n) is 7.41. The van der Waals surface area contributed by atoms with E-state index in [0.717, 1.165) is 5.56 Å². The predicted molar refractivity (Wildman–Crippen MR) is 109 cm³/mol. The van der Waals surface area contributed by atoms with Crippen molar-refractivity contribution in [3.8, 4) is 0 Å². The minimum absolute atomic E-state index is 0.0627. The third-order valence-corrected chi connectivity index (χ3v) is 5.86. The highest BCUT2D eigenvalue weighted by molar-refractivity contribution is 7.89. The van der Waals surface area contributed by atoms with Crippen molar-refractivity contribution in [2.24, 2.45) is 0 Å². The smallest absolute Gasteiger partial charge is 0.251 e. The summed E-state index contributed by atoms with van der Waals surface area (Å²) >= 11 is 6.21. The van der Waals surface area contributed by atoms with Crippen LogP contribution < -0.4 is 10.0 Å². The van der Waals surface area contributed by atoms with Crippen LogP contribution in [0.1, 0.15) is 43.6 Å². The summed E-state index contributed by atoms with van der Waals surface area (Å²) in [6, 6.07) is 13.2. The van der Waals surface area contributed by atoms with Crippen molar-refractivity contribution in [3.05, 3.63) is 64.7 Å². The Labute approximate surface area is 166 Å². The number of sulfonamides is 1. The van der Waals surface area contributed by atoms with E-state index in [9.17, 15) is 13.2 Å². The third kappa shape index (κ3) is 6.06. The van der Waals surface area contributed by atoms with Crippen LogP contribution in [0, 0.1) is 0 Å². The normalized spacial score (nSPS) is 12.2. The maximum absolute atomic E-state index is 12.7. The maximum Gasteiger partial charge on any atom is 0.251 e. The second kappa shape index (κ2) is 8.42. The number of halogens is 1. The zero-order chi connectivity index (χ0) is 20.2. The fourth-order valence-electron chi connectivity index (χ4n) is 2.72. The van der Waals surface area contributed by atoms with Crippen LogP contribution >= 0.6 is 11.6 Å². The van der Waals surface area contributed by atoms with E-state index in [1.165, 1.54) is 12.1 Å². The minimum atomic E-state index is -3.66. The van der Waals surface area contributed by atoms with Gasteiger partial charge in [0.2, 0.25) is 10.0 Å². The molecule has 0 unspecified atom stereocenters. The van der Waals surface area contributed by atoms with Gasteiger partial charge >= 0.3 is 0 Å². The van der Waals surface area contributed by atoms with Gasteiger partial charge in [0.15, 0.2) is 0 Å². The average Bonchev–Trinajstić information content (AvgIpc) is 2.55. The Morgan fingerprint density at radius 2 is 1.78 bits per heavy atom. The highest BCUT2D eigenvalue weighted by atomic mass is 35.5. The van der Waals surface area contributed by atoms with Gasteiger partial charge in [-0.15, -0.1) is 0 Å². The van der Waals surface area contributed by atoms with Gasteiger partial charge in [-0.05, 0) is 63.9 Å². The SMILES string of the molecule is CC(C)NS(=O)(=O)c1cccc(C(=O)NC(C)(C)Cc2ccccc2Cl)c1. The van der Waals surface area contributed by atoms with Gasteiger partial charge in [0.05, 0.1) is 4.90 Å². The van der Waals surface area contributed by atoms with Crippen molar-refractivity contribution >= 4 is 27.5 Å². The van der Waals surface area contributed by atoms with Crippen LogP contribution in [-0.2, 0) is 16.4 Å². The van der Waals surface area contributed by atoms with Gasteiger partial charge in [0, 0.05) is 22.2 Å². The van der Waals surface area contributed by atoms with Gasteiger partial charge in [0.1, 0.15) is 0 Å². The molecule has 2 rings (SSSR count). The van der Waals surface area contributed by atoms with E-state index < -0.39 is 15.6 Å².